The SMILES string of the molecule is CC1CC2C(=O)N(CC(O)c3ccc(N)cc3)C(=O)C2C1. The maximum absolute atomic E-state index is 12.3. The number of benzene rings is 1. The molecule has 3 N–H and O–H groups in total. The zero-order chi connectivity index (χ0) is 15.1. The molecule has 3 unspecified atom stereocenters. The topological polar surface area (TPSA) is 83.6 Å². The third kappa shape index (κ3) is 2.42. The number of aliphatic hydroxyl groups is 1. The number of nitrogens with zero attached hydrogens (tertiary/aromatic N) is 1. The van der Waals surface area contributed by atoms with Gasteiger partial charge in [-0.15, -0.1) is 0 Å². The summed E-state index contributed by atoms with van der Waals surface area (Å²) in [6.45, 7) is 2.11. The number of carbonyl (C=O) groups excluding carboxylic acids is 2. The van der Waals surface area contributed by atoms with E-state index in [1.165, 1.54) is 4.90 Å². The van der Waals surface area contributed by atoms with Crippen LogP contribution in [-0.2, 0) is 9.59 Å². The van der Waals surface area contributed by atoms with E-state index in [9.17, 15) is 14.7 Å². The van der Waals surface area contributed by atoms with Gasteiger partial charge in [0.1, 0.15) is 0 Å². The number of imide groups is 1. The highest BCUT2D eigenvalue weighted by Gasteiger charge is 2.51. The highest BCUT2D eigenvalue weighted by atomic mass is 16.3. The minimum Gasteiger partial charge on any atom is -0.399 e. The van der Waals surface area contributed by atoms with Gasteiger partial charge in [-0.3, -0.25) is 14.5 Å². The number of carbonyl (C=O) groups is 2. The van der Waals surface area contributed by atoms with E-state index in [2.05, 4.69) is 6.92 Å². The van der Waals surface area contributed by atoms with Crippen LogP contribution in [0.3, 0.4) is 0 Å². The van der Waals surface area contributed by atoms with E-state index in [1.807, 2.05) is 0 Å². The lowest BCUT2D eigenvalue weighted by Gasteiger charge is -2.20. The molecule has 1 aromatic carbocycles. The standard InChI is InChI=1S/C16H20N2O3/c1-9-6-12-13(7-9)16(21)18(15(12)20)8-14(19)10-2-4-11(17)5-3-10/h2-5,9,12-14,19H,6-8,17H2,1H3. The molecule has 3 atom stereocenters. The second kappa shape index (κ2) is 5.15. The molecule has 5 nitrogen and oxygen atoms in total. The van der Waals surface area contributed by atoms with Crippen molar-refractivity contribution in [3.63, 3.8) is 0 Å². The number of hydrogen-bond acceptors (Lipinski definition) is 4. The molecule has 112 valence electrons. The van der Waals surface area contributed by atoms with Gasteiger partial charge >= 0.3 is 0 Å². The second-order valence-electron chi connectivity index (χ2n) is 6.26. The van der Waals surface area contributed by atoms with Crippen LogP contribution in [0.5, 0.6) is 0 Å². The summed E-state index contributed by atoms with van der Waals surface area (Å²) in [5.74, 6) is -0.165. The van der Waals surface area contributed by atoms with Crippen molar-refractivity contribution in [2.45, 2.75) is 25.9 Å². The van der Waals surface area contributed by atoms with Gasteiger partial charge in [0.2, 0.25) is 11.8 Å². The van der Waals surface area contributed by atoms with Crippen LogP contribution >= 0.6 is 0 Å². The largest absolute Gasteiger partial charge is 0.399 e. The highest BCUT2D eigenvalue weighted by Crippen LogP contribution is 2.43. The molecule has 1 aliphatic carbocycles. The molecular weight excluding hydrogens is 268 g/mol. The number of nitrogen functional groups attached to an aromatic ring is 1. The van der Waals surface area contributed by atoms with Crippen LogP contribution in [0.4, 0.5) is 5.69 Å². The molecule has 3 rings (SSSR count). The molecular formula is C16H20N2O3. The number of likely N-dealkylation sites (tertiary alicyclic amines) is 1. The molecule has 0 bridgehead atoms. The fourth-order valence-electron chi connectivity index (χ4n) is 3.52. The number of amides is 2. The van der Waals surface area contributed by atoms with Gasteiger partial charge in [-0.2, -0.15) is 0 Å². The van der Waals surface area contributed by atoms with Gasteiger partial charge in [0.05, 0.1) is 24.5 Å². The molecule has 1 saturated heterocycles. The Morgan fingerprint density at radius 1 is 1.19 bits per heavy atom. The fraction of sp³-hybridized carbons (Fsp3) is 0.500. The van der Waals surface area contributed by atoms with Crippen molar-refractivity contribution in [3.8, 4) is 0 Å². The van der Waals surface area contributed by atoms with E-state index in [4.69, 9.17) is 5.73 Å². The van der Waals surface area contributed by atoms with Crippen molar-refractivity contribution in [2.24, 2.45) is 17.8 Å². The lowest BCUT2D eigenvalue weighted by atomic mass is 10.00. The minimum atomic E-state index is -0.866. The number of aliphatic hydroxyl groups excluding tert-OH is 1. The Labute approximate surface area is 123 Å². The van der Waals surface area contributed by atoms with Gasteiger partial charge in [-0.25, -0.2) is 0 Å². The summed E-state index contributed by atoms with van der Waals surface area (Å²) in [4.78, 5) is 25.9. The van der Waals surface area contributed by atoms with Gasteiger partial charge in [-0.1, -0.05) is 19.1 Å². The first-order valence-electron chi connectivity index (χ1n) is 7.36. The van der Waals surface area contributed by atoms with E-state index < -0.39 is 6.10 Å². The van der Waals surface area contributed by atoms with E-state index >= 15 is 0 Å². The van der Waals surface area contributed by atoms with Crippen LogP contribution in [0.25, 0.3) is 0 Å². The average molecular weight is 288 g/mol. The predicted molar refractivity (Wildman–Crippen MR) is 77.9 cm³/mol. The molecule has 2 fully saturated rings. The van der Waals surface area contributed by atoms with Crippen LogP contribution in [0.2, 0.25) is 0 Å². The third-order valence-corrected chi connectivity index (χ3v) is 4.64. The van der Waals surface area contributed by atoms with Crippen molar-refractivity contribution >= 4 is 17.5 Å². The summed E-state index contributed by atoms with van der Waals surface area (Å²) >= 11 is 0. The monoisotopic (exact) mass is 288 g/mol. The number of fused-ring (bicyclic) bond motifs is 1. The number of hydrogen-bond donors (Lipinski definition) is 2. The van der Waals surface area contributed by atoms with Crippen LogP contribution in [0.15, 0.2) is 24.3 Å². The van der Waals surface area contributed by atoms with Crippen molar-refractivity contribution in [2.75, 3.05) is 12.3 Å². The molecule has 5 heteroatoms. The average Bonchev–Trinajstić information content (AvgIpc) is 2.93. The van der Waals surface area contributed by atoms with E-state index in [0.717, 1.165) is 12.8 Å². The zero-order valence-corrected chi connectivity index (χ0v) is 12.0. The summed E-state index contributed by atoms with van der Waals surface area (Å²) in [5.41, 5.74) is 6.89. The Kier molecular flexibility index (Phi) is 3.45. The van der Waals surface area contributed by atoms with Crippen molar-refractivity contribution in [1.82, 2.24) is 4.90 Å². The molecule has 2 amide bonds. The van der Waals surface area contributed by atoms with Gasteiger partial charge in [0.15, 0.2) is 0 Å². The van der Waals surface area contributed by atoms with Gasteiger partial charge in [0, 0.05) is 5.69 Å². The highest BCUT2D eigenvalue weighted by molar-refractivity contribution is 6.05. The summed E-state index contributed by atoms with van der Waals surface area (Å²) in [7, 11) is 0. The van der Waals surface area contributed by atoms with Gasteiger partial charge < -0.3 is 10.8 Å². The van der Waals surface area contributed by atoms with E-state index in [1.54, 1.807) is 24.3 Å². The Hall–Kier alpha value is -1.88. The number of nitrogens with two attached hydrogens (primary N) is 1. The lowest BCUT2D eigenvalue weighted by Crippen LogP contribution is -2.35. The summed E-state index contributed by atoms with van der Waals surface area (Å²) in [6.07, 6.45) is 0.697. The predicted octanol–water partition coefficient (Wildman–Crippen LogP) is 1.33. The first-order valence-corrected chi connectivity index (χ1v) is 7.36. The Morgan fingerprint density at radius 2 is 1.71 bits per heavy atom. The molecule has 21 heavy (non-hydrogen) atoms. The summed E-state index contributed by atoms with van der Waals surface area (Å²) < 4.78 is 0. The maximum atomic E-state index is 12.3. The molecule has 2 aliphatic rings. The molecule has 1 aromatic rings. The van der Waals surface area contributed by atoms with Crippen LogP contribution < -0.4 is 5.73 Å². The number of β-amino-alcohol motifs (C(OH)–C–C–N with tert-alkyl or cyclic N) is 1. The first kappa shape index (κ1) is 14.1. The number of rotatable bonds is 3. The molecule has 1 aliphatic heterocycles. The third-order valence-electron chi connectivity index (χ3n) is 4.64. The molecule has 1 heterocycles. The summed E-state index contributed by atoms with van der Waals surface area (Å²) in [6, 6.07) is 6.83. The molecule has 0 aromatic heterocycles. The van der Waals surface area contributed by atoms with E-state index in [0.29, 0.717) is 17.2 Å². The Morgan fingerprint density at radius 3 is 2.24 bits per heavy atom. The van der Waals surface area contributed by atoms with Crippen molar-refractivity contribution < 1.29 is 14.7 Å². The van der Waals surface area contributed by atoms with E-state index in [-0.39, 0.29) is 30.2 Å². The zero-order valence-electron chi connectivity index (χ0n) is 12.0. The fourth-order valence-corrected chi connectivity index (χ4v) is 3.52. The summed E-state index contributed by atoms with van der Waals surface area (Å²) in [5, 5.41) is 10.2. The first-order chi connectivity index (χ1) is 9.97. The van der Waals surface area contributed by atoms with Crippen molar-refractivity contribution in [3.05, 3.63) is 29.8 Å². The van der Waals surface area contributed by atoms with Crippen LogP contribution in [-0.4, -0.2) is 28.4 Å². The Bertz CT molecular complexity index is 545. The Balaban J connectivity index is 1.72. The maximum Gasteiger partial charge on any atom is 0.233 e. The van der Waals surface area contributed by atoms with Gasteiger partial charge in [0.25, 0.3) is 0 Å². The van der Waals surface area contributed by atoms with Gasteiger partial charge in [-0.05, 0) is 36.5 Å². The normalized spacial score (nSPS) is 29.8. The smallest absolute Gasteiger partial charge is 0.233 e. The number of anilines is 1. The quantitative estimate of drug-likeness (QED) is 0.649. The molecule has 0 radical (unpaired) electrons. The lowest BCUT2D eigenvalue weighted by molar-refractivity contribution is -0.142. The minimum absolute atomic E-state index is 0.0307. The second-order valence-corrected chi connectivity index (χ2v) is 6.26. The van der Waals surface area contributed by atoms with Crippen LogP contribution in [0.1, 0.15) is 31.4 Å². The molecule has 1 saturated carbocycles. The van der Waals surface area contributed by atoms with Crippen LogP contribution in [0, 0.1) is 17.8 Å². The van der Waals surface area contributed by atoms with Crippen molar-refractivity contribution in [1.29, 1.82) is 0 Å². The molecule has 0 spiro atoms.